The topological polar surface area (TPSA) is 80.4 Å². The second kappa shape index (κ2) is 8.12. The standard InChI is InChI=1S/C21H22N4O3/c26-20-10-18(13-25(20)14-19-2-1-9-28-19)21(27)23-11-16-3-5-17(6-4-16)12-24-8-7-22-15-24/h1-9,15,18H,10-14H2,(H,23,27). The predicted molar refractivity (Wildman–Crippen MR) is 102 cm³/mol. The second-order valence-corrected chi connectivity index (χ2v) is 7.02. The number of likely N-dealkylation sites (tertiary alicyclic amines) is 1. The first-order chi connectivity index (χ1) is 13.7. The molecule has 1 aliphatic rings. The Bertz CT molecular complexity index is 917. The Morgan fingerprint density at radius 1 is 1.18 bits per heavy atom. The maximum absolute atomic E-state index is 12.5. The predicted octanol–water partition coefficient (Wildman–Crippen LogP) is 2.19. The van der Waals surface area contributed by atoms with Gasteiger partial charge in [-0.05, 0) is 23.3 Å². The molecule has 1 N–H and O–H groups in total. The fourth-order valence-corrected chi connectivity index (χ4v) is 3.38. The Labute approximate surface area is 163 Å². The molecule has 0 radical (unpaired) electrons. The third kappa shape index (κ3) is 4.31. The molecule has 144 valence electrons. The molecular formula is C21H22N4O3. The van der Waals surface area contributed by atoms with E-state index in [-0.39, 0.29) is 24.2 Å². The fraction of sp³-hybridized carbons (Fsp3) is 0.286. The molecule has 3 heterocycles. The van der Waals surface area contributed by atoms with Crippen LogP contribution in [-0.2, 0) is 29.2 Å². The Kier molecular flexibility index (Phi) is 5.23. The molecule has 1 aliphatic heterocycles. The van der Waals surface area contributed by atoms with Gasteiger partial charge in [0.25, 0.3) is 0 Å². The van der Waals surface area contributed by atoms with E-state index in [0.717, 1.165) is 17.9 Å². The maximum Gasteiger partial charge on any atom is 0.225 e. The highest BCUT2D eigenvalue weighted by atomic mass is 16.3. The Balaban J connectivity index is 1.26. The number of amides is 2. The van der Waals surface area contributed by atoms with Crippen LogP contribution in [0.4, 0.5) is 0 Å². The second-order valence-electron chi connectivity index (χ2n) is 7.02. The summed E-state index contributed by atoms with van der Waals surface area (Å²) < 4.78 is 7.29. The minimum Gasteiger partial charge on any atom is -0.467 e. The number of nitrogens with one attached hydrogen (secondary N) is 1. The molecule has 28 heavy (non-hydrogen) atoms. The van der Waals surface area contributed by atoms with E-state index in [1.165, 1.54) is 5.56 Å². The lowest BCUT2D eigenvalue weighted by molar-refractivity contribution is -0.129. The van der Waals surface area contributed by atoms with Crippen molar-refractivity contribution in [3.8, 4) is 0 Å². The number of imidazole rings is 1. The van der Waals surface area contributed by atoms with Crippen molar-refractivity contribution in [2.24, 2.45) is 5.92 Å². The molecule has 1 saturated heterocycles. The van der Waals surface area contributed by atoms with E-state index in [1.54, 1.807) is 29.8 Å². The fourth-order valence-electron chi connectivity index (χ4n) is 3.38. The van der Waals surface area contributed by atoms with E-state index in [9.17, 15) is 9.59 Å². The van der Waals surface area contributed by atoms with E-state index < -0.39 is 0 Å². The van der Waals surface area contributed by atoms with Gasteiger partial charge >= 0.3 is 0 Å². The molecule has 2 amide bonds. The van der Waals surface area contributed by atoms with Crippen LogP contribution < -0.4 is 5.32 Å². The van der Waals surface area contributed by atoms with Crippen molar-refractivity contribution in [3.63, 3.8) is 0 Å². The van der Waals surface area contributed by atoms with Crippen molar-refractivity contribution in [1.29, 1.82) is 0 Å². The van der Waals surface area contributed by atoms with Crippen LogP contribution in [0.2, 0.25) is 0 Å². The summed E-state index contributed by atoms with van der Waals surface area (Å²) >= 11 is 0. The Morgan fingerprint density at radius 3 is 2.71 bits per heavy atom. The lowest BCUT2D eigenvalue weighted by atomic mass is 10.1. The van der Waals surface area contributed by atoms with Gasteiger partial charge in [-0.15, -0.1) is 0 Å². The SMILES string of the molecule is O=C(NCc1ccc(Cn2ccnc2)cc1)C1CC(=O)N(Cc2ccco2)C1. The molecule has 3 aromatic rings. The van der Waals surface area contributed by atoms with Gasteiger partial charge in [0.1, 0.15) is 5.76 Å². The molecule has 0 saturated carbocycles. The van der Waals surface area contributed by atoms with Crippen LogP contribution in [0, 0.1) is 5.92 Å². The third-order valence-electron chi connectivity index (χ3n) is 4.93. The van der Waals surface area contributed by atoms with Gasteiger partial charge in [0.2, 0.25) is 11.8 Å². The van der Waals surface area contributed by atoms with Crippen molar-refractivity contribution in [2.45, 2.75) is 26.1 Å². The zero-order valence-electron chi connectivity index (χ0n) is 15.5. The lowest BCUT2D eigenvalue weighted by Crippen LogP contribution is -2.32. The molecule has 2 aromatic heterocycles. The molecule has 1 fully saturated rings. The third-order valence-corrected chi connectivity index (χ3v) is 4.93. The number of hydrogen-bond donors (Lipinski definition) is 1. The number of aromatic nitrogens is 2. The van der Waals surface area contributed by atoms with Gasteiger partial charge < -0.3 is 19.2 Å². The summed E-state index contributed by atoms with van der Waals surface area (Å²) in [6.45, 7) is 2.05. The minimum atomic E-state index is -0.317. The number of nitrogens with zero attached hydrogens (tertiary/aromatic N) is 3. The number of hydrogen-bond acceptors (Lipinski definition) is 4. The molecule has 4 rings (SSSR count). The Morgan fingerprint density at radius 2 is 2.00 bits per heavy atom. The van der Waals surface area contributed by atoms with Gasteiger partial charge in [0, 0.05) is 38.4 Å². The monoisotopic (exact) mass is 378 g/mol. The number of carbonyl (C=O) groups excluding carboxylic acids is 2. The van der Waals surface area contributed by atoms with Crippen LogP contribution in [0.15, 0.2) is 65.8 Å². The summed E-state index contributed by atoms with van der Waals surface area (Å²) in [5, 5.41) is 2.95. The maximum atomic E-state index is 12.5. The molecule has 1 aromatic carbocycles. The molecule has 1 atom stereocenters. The van der Waals surface area contributed by atoms with Crippen LogP contribution in [0.3, 0.4) is 0 Å². The van der Waals surface area contributed by atoms with Gasteiger partial charge in [-0.25, -0.2) is 4.98 Å². The zero-order chi connectivity index (χ0) is 19.3. The smallest absolute Gasteiger partial charge is 0.225 e. The lowest BCUT2D eigenvalue weighted by Gasteiger charge is -2.15. The summed E-state index contributed by atoms with van der Waals surface area (Å²) in [5.74, 6) is 0.311. The first-order valence-electron chi connectivity index (χ1n) is 9.29. The van der Waals surface area contributed by atoms with E-state index in [4.69, 9.17) is 4.42 Å². The van der Waals surface area contributed by atoms with E-state index in [1.807, 2.05) is 41.1 Å². The summed E-state index contributed by atoms with van der Waals surface area (Å²) in [7, 11) is 0. The zero-order valence-corrected chi connectivity index (χ0v) is 15.5. The number of carbonyl (C=O) groups is 2. The van der Waals surface area contributed by atoms with Crippen LogP contribution >= 0.6 is 0 Å². The largest absolute Gasteiger partial charge is 0.467 e. The van der Waals surface area contributed by atoms with Gasteiger partial charge in [-0.1, -0.05) is 24.3 Å². The van der Waals surface area contributed by atoms with Crippen molar-refractivity contribution in [3.05, 3.63) is 78.3 Å². The number of furan rings is 1. The Hall–Kier alpha value is -3.35. The quantitative estimate of drug-likeness (QED) is 0.683. The molecule has 0 spiro atoms. The van der Waals surface area contributed by atoms with Crippen LogP contribution in [0.5, 0.6) is 0 Å². The van der Waals surface area contributed by atoms with Crippen LogP contribution in [0.1, 0.15) is 23.3 Å². The summed E-state index contributed by atoms with van der Waals surface area (Å²) in [4.78, 5) is 30.3. The average molecular weight is 378 g/mol. The molecular weight excluding hydrogens is 356 g/mol. The van der Waals surface area contributed by atoms with Crippen molar-refractivity contribution >= 4 is 11.8 Å². The van der Waals surface area contributed by atoms with E-state index in [0.29, 0.717) is 19.6 Å². The van der Waals surface area contributed by atoms with Crippen LogP contribution in [0.25, 0.3) is 0 Å². The molecule has 0 aliphatic carbocycles. The molecule has 0 bridgehead atoms. The highest BCUT2D eigenvalue weighted by Crippen LogP contribution is 2.20. The molecule has 7 heteroatoms. The van der Waals surface area contributed by atoms with Crippen molar-refractivity contribution < 1.29 is 14.0 Å². The molecule has 1 unspecified atom stereocenters. The average Bonchev–Trinajstić information content (AvgIpc) is 3.45. The normalized spacial score (nSPS) is 16.5. The van der Waals surface area contributed by atoms with Crippen molar-refractivity contribution in [1.82, 2.24) is 19.8 Å². The van der Waals surface area contributed by atoms with E-state index in [2.05, 4.69) is 10.3 Å². The summed E-state index contributed by atoms with van der Waals surface area (Å²) in [6, 6.07) is 11.7. The first-order valence-corrected chi connectivity index (χ1v) is 9.29. The molecule has 7 nitrogen and oxygen atoms in total. The highest BCUT2D eigenvalue weighted by molar-refractivity contribution is 5.89. The van der Waals surface area contributed by atoms with Gasteiger partial charge in [0.05, 0.1) is 25.1 Å². The number of rotatable bonds is 7. The van der Waals surface area contributed by atoms with Gasteiger partial charge in [-0.3, -0.25) is 9.59 Å². The van der Waals surface area contributed by atoms with E-state index >= 15 is 0 Å². The van der Waals surface area contributed by atoms with Gasteiger partial charge in [0.15, 0.2) is 0 Å². The summed E-state index contributed by atoms with van der Waals surface area (Å²) in [6.07, 6.45) is 7.29. The number of benzene rings is 1. The first kappa shape index (κ1) is 18.0. The highest BCUT2D eigenvalue weighted by Gasteiger charge is 2.34. The summed E-state index contributed by atoms with van der Waals surface area (Å²) in [5.41, 5.74) is 2.20. The van der Waals surface area contributed by atoms with Gasteiger partial charge in [-0.2, -0.15) is 0 Å². The van der Waals surface area contributed by atoms with Crippen LogP contribution in [-0.4, -0.2) is 32.8 Å². The minimum absolute atomic E-state index is 0.0135. The van der Waals surface area contributed by atoms with Crippen molar-refractivity contribution in [2.75, 3.05) is 6.54 Å².